The van der Waals surface area contributed by atoms with E-state index in [1.165, 1.54) is 48.4 Å². The van der Waals surface area contributed by atoms with Gasteiger partial charge in [-0.2, -0.15) is 0 Å². The number of aromatic hydroxyl groups is 1. The molecule has 0 saturated carbocycles. The van der Waals surface area contributed by atoms with Crippen molar-refractivity contribution in [3.63, 3.8) is 0 Å². The van der Waals surface area contributed by atoms with Gasteiger partial charge in [-0.05, 0) is 66.9 Å². The van der Waals surface area contributed by atoms with E-state index in [1.54, 1.807) is 31.2 Å². The summed E-state index contributed by atoms with van der Waals surface area (Å²) in [6, 6.07) is 13.9. The van der Waals surface area contributed by atoms with Gasteiger partial charge in [-0.25, -0.2) is 4.39 Å². The van der Waals surface area contributed by atoms with Gasteiger partial charge in [0, 0.05) is 12.1 Å². The number of phenols is 1. The summed E-state index contributed by atoms with van der Waals surface area (Å²) in [4.78, 5) is 27.8. The number of rotatable bonds is 8. The highest BCUT2D eigenvalue weighted by atomic mass is 35.5. The first kappa shape index (κ1) is 26.0. The number of hydrogen-bond donors (Lipinski definition) is 2. The number of phenolic OH excluding ortho intramolecular Hbond substituents is 1. The van der Waals surface area contributed by atoms with Crippen molar-refractivity contribution in [2.45, 2.75) is 19.4 Å². The third-order valence-corrected chi connectivity index (χ3v) is 6.41. The van der Waals surface area contributed by atoms with E-state index in [9.17, 15) is 24.2 Å². The Bertz CT molecular complexity index is 1370. The summed E-state index contributed by atoms with van der Waals surface area (Å²) in [5, 5.41) is 21.7. The van der Waals surface area contributed by atoms with Crippen molar-refractivity contribution < 1.29 is 33.7 Å². The van der Waals surface area contributed by atoms with Crippen molar-refractivity contribution in [1.29, 1.82) is 0 Å². The highest BCUT2D eigenvalue weighted by Gasteiger charge is 2.46. The Labute approximate surface area is 218 Å². The minimum absolute atomic E-state index is 0.101. The van der Waals surface area contributed by atoms with Crippen molar-refractivity contribution in [1.82, 2.24) is 4.90 Å². The number of hydrogen-bond acceptors (Lipinski definition) is 6. The molecule has 37 heavy (non-hydrogen) atoms. The van der Waals surface area contributed by atoms with Crippen LogP contribution in [0.15, 0.2) is 66.2 Å². The number of carbonyl (C=O) groups excluding carboxylic acids is 2. The maximum absolute atomic E-state index is 13.3. The summed E-state index contributed by atoms with van der Waals surface area (Å²) >= 11 is 6.24. The highest BCUT2D eigenvalue weighted by Crippen LogP contribution is 2.42. The molecule has 1 aliphatic heterocycles. The van der Waals surface area contributed by atoms with E-state index in [4.69, 9.17) is 21.1 Å². The van der Waals surface area contributed by atoms with Gasteiger partial charge in [0.1, 0.15) is 17.3 Å². The third kappa shape index (κ3) is 5.24. The molecule has 4 rings (SSSR count). The fraction of sp³-hybridized carbons (Fsp3) is 0.214. The number of aliphatic hydroxyl groups is 1. The number of amides is 1. The fourth-order valence-corrected chi connectivity index (χ4v) is 4.56. The number of Topliss-reactive ketones (excluding diaryl/α,β-unsaturated/α-hetero) is 1. The molecule has 1 saturated heterocycles. The molecule has 9 heteroatoms. The van der Waals surface area contributed by atoms with Gasteiger partial charge in [0.25, 0.3) is 11.7 Å². The van der Waals surface area contributed by atoms with Crippen LogP contribution in [-0.4, -0.2) is 47.1 Å². The van der Waals surface area contributed by atoms with Gasteiger partial charge >= 0.3 is 0 Å². The molecule has 0 bridgehead atoms. The van der Waals surface area contributed by atoms with Gasteiger partial charge in [0.15, 0.2) is 11.5 Å². The number of ketones is 1. The van der Waals surface area contributed by atoms with E-state index >= 15 is 0 Å². The molecule has 0 aliphatic carbocycles. The quantitative estimate of drug-likeness (QED) is 0.237. The minimum Gasteiger partial charge on any atom is -0.507 e. The molecule has 1 heterocycles. The molecule has 3 aromatic carbocycles. The second-order valence-electron chi connectivity index (χ2n) is 8.38. The smallest absolute Gasteiger partial charge is 0.295 e. The summed E-state index contributed by atoms with van der Waals surface area (Å²) in [5.74, 6) is -1.97. The maximum atomic E-state index is 13.3. The van der Waals surface area contributed by atoms with Crippen molar-refractivity contribution >= 4 is 29.1 Å². The Balaban J connectivity index is 1.82. The van der Waals surface area contributed by atoms with Gasteiger partial charge in [-0.3, -0.25) is 9.59 Å². The molecule has 7 nitrogen and oxygen atoms in total. The number of methoxy groups -OCH3 is 1. The summed E-state index contributed by atoms with van der Waals surface area (Å²) in [6.07, 6.45) is 0.342. The molecule has 1 atom stereocenters. The van der Waals surface area contributed by atoms with E-state index in [0.717, 1.165) is 5.56 Å². The molecular weight excluding hydrogens is 501 g/mol. The third-order valence-electron chi connectivity index (χ3n) is 6.12. The first-order valence-corrected chi connectivity index (χ1v) is 12.0. The Morgan fingerprint density at radius 2 is 1.78 bits per heavy atom. The van der Waals surface area contributed by atoms with Gasteiger partial charge < -0.3 is 24.6 Å². The van der Waals surface area contributed by atoms with Gasteiger partial charge in [-0.1, -0.05) is 29.8 Å². The predicted molar refractivity (Wildman–Crippen MR) is 136 cm³/mol. The Hall–Kier alpha value is -4.04. The van der Waals surface area contributed by atoms with E-state index in [0.29, 0.717) is 17.7 Å². The number of aliphatic hydroxyl groups excluding tert-OH is 1. The van der Waals surface area contributed by atoms with Crippen LogP contribution in [0.2, 0.25) is 5.02 Å². The molecule has 192 valence electrons. The lowest BCUT2D eigenvalue weighted by Crippen LogP contribution is -2.31. The molecule has 0 radical (unpaired) electrons. The van der Waals surface area contributed by atoms with Crippen LogP contribution in [0, 0.1) is 5.82 Å². The number of halogens is 2. The Morgan fingerprint density at radius 1 is 1.05 bits per heavy atom. The zero-order chi connectivity index (χ0) is 26.7. The van der Waals surface area contributed by atoms with Crippen molar-refractivity contribution in [2.24, 2.45) is 0 Å². The maximum Gasteiger partial charge on any atom is 0.295 e. The molecular formula is C28H25ClFNO6. The molecule has 3 aromatic rings. The van der Waals surface area contributed by atoms with Crippen LogP contribution in [0.4, 0.5) is 4.39 Å². The largest absolute Gasteiger partial charge is 0.507 e. The van der Waals surface area contributed by atoms with Crippen LogP contribution in [0.1, 0.15) is 29.7 Å². The topological polar surface area (TPSA) is 96.3 Å². The number of nitrogens with zero attached hydrogens (tertiary/aromatic N) is 1. The lowest BCUT2D eigenvalue weighted by Gasteiger charge is -2.26. The molecule has 0 spiro atoms. The van der Waals surface area contributed by atoms with Crippen LogP contribution < -0.4 is 9.47 Å². The standard InChI is InChI=1S/C28H25ClFNO6/c1-3-37-23-15-17(6-10-21(23)32)25-24(26(33)18-7-11-22(36-2)20(29)14-18)27(34)28(35)31(25)13-12-16-4-8-19(30)9-5-16/h4-11,14-15,25,32-33H,3,12-13H2,1-2H3/b26-24-. The van der Waals surface area contributed by atoms with Crippen LogP contribution in [0.25, 0.3) is 5.76 Å². The highest BCUT2D eigenvalue weighted by molar-refractivity contribution is 6.46. The molecule has 1 fully saturated rings. The Kier molecular flexibility index (Phi) is 7.69. The fourth-order valence-electron chi connectivity index (χ4n) is 4.30. The van der Waals surface area contributed by atoms with Crippen LogP contribution in [0.5, 0.6) is 17.2 Å². The first-order chi connectivity index (χ1) is 17.7. The lowest BCUT2D eigenvalue weighted by molar-refractivity contribution is -0.139. The second-order valence-corrected chi connectivity index (χ2v) is 8.79. The van der Waals surface area contributed by atoms with E-state index in [1.807, 2.05) is 0 Å². The van der Waals surface area contributed by atoms with E-state index in [-0.39, 0.29) is 46.6 Å². The van der Waals surface area contributed by atoms with Gasteiger partial charge in [0.05, 0.1) is 30.4 Å². The van der Waals surface area contributed by atoms with E-state index < -0.39 is 23.5 Å². The van der Waals surface area contributed by atoms with Crippen LogP contribution in [0.3, 0.4) is 0 Å². The lowest BCUT2D eigenvalue weighted by atomic mass is 9.94. The molecule has 1 amide bonds. The number of carbonyl (C=O) groups is 2. The van der Waals surface area contributed by atoms with Crippen molar-refractivity contribution in [3.05, 3.63) is 93.8 Å². The summed E-state index contributed by atoms with van der Waals surface area (Å²) in [6.45, 7) is 2.16. The van der Waals surface area contributed by atoms with Crippen molar-refractivity contribution in [2.75, 3.05) is 20.3 Å². The zero-order valence-electron chi connectivity index (χ0n) is 20.2. The number of ether oxygens (including phenoxy) is 2. The Morgan fingerprint density at radius 3 is 2.43 bits per heavy atom. The summed E-state index contributed by atoms with van der Waals surface area (Å²) in [7, 11) is 1.45. The zero-order valence-corrected chi connectivity index (χ0v) is 21.0. The molecule has 1 unspecified atom stereocenters. The van der Waals surface area contributed by atoms with Crippen molar-refractivity contribution in [3.8, 4) is 17.2 Å². The van der Waals surface area contributed by atoms with Crippen LogP contribution in [-0.2, 0) is 16.0 Å². The first-order valence-electron chi connectivity index (χ1n) is 11.6. The molecule has 0 aromatic heterocycles. The number of benzene rings is 3. The summed E-state index contributed by atoms with van der Waals surface area (Å²) < 4.78 is 24.0. The predicted octanol–water partition coefficient (Wildman–Crippen LogP) is 5.26. The SMILES string of the molecule is CCOc1cc(C2/C(=C(/O)c3ccc(OC)c(Cl)c3)C(=O)C(=O)N2CCc2ccc(F)cc2)ccc1O. The minimum atomic E-state index is -0.971. The number of likely N-dealkylation sites (tertiary alicyclic amines) is 1. The monoisotopic (exact) mass is 525 g/mol. The average Bonchev–Trinajstić information content (AvgIpc) is 3.14. The average molecular weight is 526 g/mol. The summed E-state index contributed by atoms with van der Waals surface area (Å²) in [5.41, 5.74) is 1.33. The normalized spacial score (nSPS) is 16.8. The van der Waals surface area contributed by atoms with Crippen LogP contribution >= 0.6 is 11.6 Å². The van der Waals surface area contributed by atoms with Gasteiger partial charge in [0.2, 0.25) is 0 Å². The second kappa shape index (κ2) is 10.9. The molecule has 1 aliphatic rings. The molecule has 2 N–H and O–H groups in total. The van der Waals surface area contributed by atoms with E-state index in [2.05, 4.69) is 0 Å². The van der Waals surface area contributed by atoms with Gasteiger partial charge in [-0.15, -0.1) is 0 Å².